The number of halogens is 1. The summed E-state index contributed by atoms with van der Waals surface area (Å²) in [4.78, 5) is 17.3. The molecule has 1 aromatic carbocycles. The zero-order chi connectivity index (χ0) is 24.8. The van der Waals surface area contributed by atoms with Crippen LogP contribution in [-0.4, -0.2) is 35.7 Å². The standard InChI is InChI=1S/C24H27FN4O4S/c1-14(2)17-7-6-15(3)22-16-8-9-26-21(10-16)33-13-24(4,5)29-12-19(25)23(27-29)34(31,32)28-20(30)11-18(17)22/h6-10,12,14H,11,13H2,1-5H3,(H,28,30). The first-order valence-corrected chi connectivity index (χ1v) is 12.4. The molecule has 4 rings (SSSR count). The number of carbonyl (C=O) groups excluding carboxylic acids is 1. The second-order valence-electron chi connectivity index (χ2n) is 9.40. The number of hydrogen-bond donors (Lipinski definition) is 1. The summed E-state index contributed by atoms with van der Waals surface area (Å²) in [6, 6.07) is 7.53. The van der Waals surface area contributed by atoms with E-state index in [4.69, 9.17) is 4.74 Å². The maximum Gasteiger partial charge on any atom is 0.286 e. The molecule has 1 aliphatic heterocycles. The van der Waals surface area contributed by atoms with E-state index in [1.807, 2.05) is 43.7 Å². The van der Waals surface area contributed by atoms with Gasteiger partial charge in [0.15, 0.2) is 5.82 Å². The van der Waals surface area contributed by atoms with Gasteiger partial charge in [-0.25, -0.2) is 14.1 Å². The van der Waals surface area contributed by atoms with Crippen LogP contribution >= 0.6 is 0 Å². The van der Waals surface area contributed by atoms with Gasteiger partial charge in [0.05, 0.1) is 18.2 Å². The second-order valence-corrected chi connectivity index (χ2v) is 11.0. The zero-order valence-electron chi connectivity index (χ0n) is 19.7. The van der Waals surface area contributed by atoms with Crippen LogP contribution in [0.4, 0.5) is 4.39 Å². The summed E-state index contributed by atoms with van der Waals surface area (Å²) in [5, 5.41) is 3.10. The molecule has 10 heteroatoms. The maximum absolute atomic E-state index is 14.6. The Labute approximate surface area is 198 Å². The average molecular weight is 487 g/mol. The maximum atomic E-state index is 14.6. The van der Waals surface area contributed by atoms with Gasteiger partial charge in [0.1, 0.15) is 6.61 Å². The van der Waals surface area contributed by atoms with Crippen LogP contribution < -0.4 is 9.46 Å². The van der Waals surface area contributed by atoms with E-state index < -0.39 is 32.3 Å². The second kappa shape index (κ2) is 8.50. The number of carbonyl (C=O) groups is 1. The van der Waals surface area contributed by atoms with Crippen molar-refractivity contribution in [1.29, 1.82) is 0 Å². The number of sulfonamides is 1. The van der Waals surface area contributed by atoms with Crippen molar-refractivity contribution in [2.45, 2.75) is 57.5 Å². The van der Waals surface area contributed by atoms with Crippen LogP contribution in [0.3, 0.4) is 0 Å². The Bertz CT molecular complexity index is 1380. The minimum atomic E-state index is -4.53. The van der Waals surface area contributed by atoms with Crippen molar-refractivity contribution in [1.82, 2.24) is 19.5 Å². The van der Waals surface area contributed by atoms with Gasteiger partial charge in [0, 0.05) is 12.3 Å². The number of rotatable bonds is 1. The number of nitrogens with zero attached hydrogens (tertiary/aromatic N) is 3. The third-order valence-electron chi connectivity index (χ3n) is 5.88. The van der Waals surface area contributed by atoms with Crippen LogP contribution in [0.5, 0.6) is 5.88 Å². The van der Waals surface area contributed by atoms with Crippen LogP contribution in [-0.2, 0) is 26.8 Å². The van der Waals surface area contributed by atoms with Gasteiger partial charge in [-0.2, -0.15) is 13.5 Å². The number of benzene rings is 1. The first-order chi connectivity index (χ1) is 15.9. The number of fused-ring (bicyclic) bond motifs is 6. The molecule has 0 unspecified atom stereocenters. The number of pyridine rings is 1. The Hall–Kier alpha value is -3.27. The Balaban J connectivity index is 1.94. The summed E-state index contributed by atoms with van der Waals surface area (Å²) in [6.07, 6.45) is 2.39. The van der Waals surface area contributed by atoms with Gasteiger partial charge >= 0.3 is 0 Å². The molecule has 3 heterocycles. The van der Waals surface area contributed by atoms with Crippen LogP contribution in [0.2, 0.25) is 0 Å². The van der Waals surface area contributed by atoms with Crippen molar-refractivity contribution < 1.29 is 22.3 Å². The SMILES string of the molecule is Cc1ccc(C(C)C)c2c1-c1ccnc(c1)OCC(C)(C)n1cc(F)c(n1)S(=O)(=O)NC(=O)C2. The third-order valence-corrected chi connectivity index (χ3v) is 7.16. The summed E-state index contributed by atoms with van der Waals surface area (Å²) in [7, 11) is -4.53. The van der Waals surface area contributed by atoms with Crippen LogP contribution in [0.25, 0.3) is 11.1 Å². The van der Waals surface area contributed by atoms with Crippen LogP contribution in [0, 0.1) is 12.7 Å². The molecule has 180 valence electrons. The molecule has 2 aromatic heterocycles. The van der Waals surface area contributed by atoms with E-state index >= 15 is 0 Å². The third kappa shape index (κ3) is 4.42. The van der Waals surface area contributed by atoms with Gasteiger partial charge in [-0.15, -0.1) is 0 Å². The highest BCUT2D eigenvalue weighted by Crippen LogP contribution is 2.35. The van der Waals surface area contributed by atoms with Crippen molar-refractivity contribution in [2.24, 2.45) is 0 Å². The van der Waals surface area contributed by atoms with E-state index in [0.717, 1.165) is 28.5 Å². The predicted octanol–water partition coefficient (Wildman–Crippen LogP) is 3.69. The lowest BCUT2D eigenvalue weighted by Gasteiger charge is -2.25. The lowest BCUT2D eigenvalue weighted by atomic mass is 9.86. The molecule has 0 saturated carbocycles. The Kier molecular flexibility index (Phi) is 5.97. The molecule has 0 saturated heterocycles. The number of aryl methyl sites for hydroxylation is 1. The molecule has 34 heavy (non-hydrogen) atoms. The van der Waals surface area contributed by atoms with Crippen molar-refractivity contribution in [3.05, 3.63) is 59.2 Å². The van der Waals surface area contributed by atoms with Crippen molar-refractivity contribution in [3.8, 4) is 17.0 Å². The van der Waals surface area contributed by atoms with Crippen molar-refractivity contribution in [2.75, 3.05) is 6.61 Å². The Morgan fingerprint density at radius 1 is 1.24 bits per heavy atom. The van der Waals surface area contributed by atoms with E-state index in [9.17, 15) is 17.6 Å². The highest BCUT2D eigenvalue weighted by molar-refractivity contribution is 7.90. The van der Waals surface area contributed by atoms with Crippen LogP contribution in [0.1, 0.15) is 50.3 Å². The molecule has 1 aliphatic rings. The molecular weight excluding hydrogens is 459 g/mol. The van der Waals surface area contributed by atoms with Gasteiger partial charge < -0.3 is 4.74 Å². The van der Waals surface area contributed by atoms with E-state index in [-0.39, 0.29) is 18.9 Å². The van der Waals surface area contributed by atoms with Gasteiger partial charge in [0.25, 0.3) is 10.0 Å². The molecule has 1 N–H and O–H groups in total. The fourth-order valence-corrected chi connectivity index (χ4v) is 5.07. The molecule has 8 nitrogen and oxygen atoms in total. The van der Waals surface area contributed by atoms with Crippen LogP contribution in [0.15, 0.2) is 41.7 Å². The summed E-state index contributed by atoms with van der Waals surface area (Å²) in [6.45, 7) is 9.43. The monoisotopic (exact) mass is 486 g/mol. The fraction of sp³-hybridized carbons (Fsp3) is 0.375. The molecule has 0 fully saturated rings. The van der Waals surface area contributed by atoms with Gasteiger partial charge in [-0.3, -0.25) is 9.48 Å². The smallest absolute Gasteiger partial charge is 0.286 e. The van der Waals surface area contributed by atoms with Gasteiger partial charge in [0.2, 0.25) is 16.8 Å². The first kappa shape index (κ1) is 23.9. The molecule has 0 spiro atoms. The van der Waals surface area contributed by atoms with Gasteiger partial charge in [-0.05, 0) is 60.6 Å². The lowest BCUT2D eigenvalue weighted by molar-refractivity contribution is -0.118. The van der Waals surface area contributed by atoms with Crippen molar-refractivity contribution >= 4 is 15.9 Å². The summed E-state index contributed by atoms with van der Waals surface area (Å²) in [5.41, 5.74) is 3.23. The molecule has 0 radical (unpaired) electrons. The Morgan fingerprint density at radius 3 is 2.68 bits per heavy atom. The van der Waals surface area contributed by atoms with Crippen molar-refractivity contribution in [3.63, 3.8) is 0 Å². The number of aromatic nitrogens is 3. The zero-order valence-corrected chi connectivity index (χ0v) is 20.5. The number of hydrogen-bond acceptors (Lipinski definition) is 6. The highest BCUT2D eigenvalue weighted by Gasteiger charge is 2.32. The molecule has 0 atom stereocenters. The predicted molar refractivity (Wildman–Crippen MR) is 125 cm³/mol. The molecular formula is C24H27FN4O4S. The summed E-state index contributed by atoms with van der Waals surface area (Å²) < 4.78 is 49.5. The van der Waals surface area contributed by atoms with E-state index in [2.05, 4.69) is 10.1 Å². The minimum absolute atomic E-state index is 0.0499. The lowest BCUT2D eigenvalue weighted by Crippen LogP contribution is -2.35. The molecule has 3 aromatic rings. The minimum Gasteiger partial charge on any atom is -0.475 e. The first-order valence-electron chi connectivity index (χ1n) is 10.9. The molecule has 0 aliphatic carbocycles. The quantitative estimate of drug-likeness (QED) is 0.563. The summed E-state index contributed by atoms with van der Waals surface area (Å²) >= 11 is 0. The van der Waals surface area contributed by atoms with E-state index in [1.165, 1.54) is 4.68 Å². The average Bonchev–Trinajstić information content (AvgIpc) is 3.15. The topological polar surface area (TPSA) is 103 Å². The molecule has 4 bridgehead atoms. The highest BCUT2D eigenvalue weighted by atomic mass is 32.2. The summed E-state index contributed by atoms with van der Waals surface area (Å²) in [5.74, 6) is -1.40. The normalized spacial score (nSPS) is 17.2. The molecule has 1 amide bonds. The van der Waals surface area contributed by atoms with Gasteiger partial charge in [-0.1, -0.05) is 26.0 Å². The number of ether oxygens (including phenoxy) is 1. The fourth-order valence-electron chi connectivity index (χ4n) is 4.10. The number of nitrogens with one attached hydrogen (secondary N) is 1. The van der Waals surface area contributed by atoms with E-state index in [0.29, 0.717) is 11.4 Å². The Morgan fingerprint density at radius 2 is 1.97 bits per heavy atom. The largest absolute Gasteiger partial charge is 0.475 e. The number of amides is 1. The van der Waals surface area contributed by atoms with E-state index in [1.54, 1.807) is 26.1 Å².